The van der Waals surface area contributed by atoms with Crippen LogP contribution >= 0.6 is 0 Å². The summed E-state index contributed by atoms with van der Waals surface area (Å²) in [7, 11) is 0. The van der Waals surface area contributed by atoms with E-state index in [1.165, 1.54) is 0 Å². The van der Waals surface area contributed by atoms with E-state index in [1.807, 2.05) is 30.3 Å². The zero-order chi connectivity index (χ0) is 13.9. The normalized spacial score (nSPS) is 16.0. The predicted molar refractivity (Wildman–Crippen MR) is 76.4 cm³/mol. The van der Waals surface area contributed by atoms with Crippen molar-refractivity contribution >= 4 is 16.8 Å². The van der Waals surface area contributed by atoms with Crippen molar-refractivity contribution in [2.45, 2.75) is 24.9 Å². The van der Waals surface area contributed by atoms with Crippen LogP contribution in [0.2, 0.25) is 0 Å². The van der Waals surface area contributed by atoms with Crippen molar-refractivity contribution in [3.8, 4) is 5.75 Å². The van der Waals surface area contributed by atoms with E-state index < -0.39 is 6.04 Å². The minimum absolute atomic E-state index is 0.240. The van der Waals surface area contributed by atoms with Crippen molar-refractivity contribution < 1.29 is 9.53 Å². The van der Waals surface area contributed by atoms with E-state index in [0.717, 1.165) is 23.7 Å². The number of nitrogens with one attached hydrogen (secondary N) is 1. The Labute approximate surface area is 117 Å². The van der Waals surface area contributed by atoms with Crippen LogP contribution in [0.3, 0.4) is 0 Å². The molecule has 1 aromatic heterocycles. The number of nitrogens with two attached hydrogens (primary N) is 1. The zero-order valence-electron chi connectivity index (χ0n) is 11.1. The first-order chi connectivity index (χ1) is 9.72. The minimum Gasteiger partial charge on any atom is -0.491 e. The van der Waals surface area contributed by atoms with Crippen LogP contribution in [0.25, 0.3) is 10.9 Å². The Morgan fingerprint density at radius 2 is 2.30 bits per heavy atom. The average Bonchev–Trinajstić information content (AvgIpc) is 3.27. The van der Waals surface area contributed by atoms with Gasteiger partial charge in [-0.2, -0.15) is 0 Å². The number of aromatic nitrogens is 1. The second-order valence-corrected chi connectivity index (χ2v) is 5.06. The maximum atomic E-state index is 11.4. The molecule has 0 spiro atoms. The number of carbonyl (C=O) groups is 1. The van der Waals surface area contributed by atoms with Gasteiger partial charge in [0, 0.05) is 23.7 Å². The molecule has 20 heavy (non-hydrogen) atoms. The molecule has 3 N–H and O–H groups in total. The van der Waals surface area contributed by atoms with Gasteiger partial charge in [0.1, 0.15) is 18.4 Å². The Morgan fingerprint density at radius 1 is 1.45 bits per heavy atom. The van der Waals surface area contributed by atoms with E-state index in [4.69, 9.17) is 10.5 Å². The monoisotopic (exact) mass is 271 g/mol. The number of rotatable bonds is 6. The van der Waals surface area contributed by atoms with Gasteiger partial charge < -0.3 is 15.8 Å². The van der Waals surface area contributed by atoms with Crippen molar-refractivity contribution in [3.05, 3.63) is 36.5 Å². The molecular formula is C15H17N3O2. The molecule has 1 aromatic carbocycles. The number of amides is 1. The first-order valence-electron chi connectivity index (χ1n) is 6.75. The van der Waals surface area contributed by atoms with Gasteiger partial charge >= 0.3 is 0 Å². The lowest BCUT2D eigenvalue weighted by atomic mass is 10.2. The van der Waals surface area contributed by atoms with Crippen LogP contribution in [0.1, 0.15) is 12.8 Å². The molecule has 0 bridgehead atoms. The number of ether oxygens (including phenoxy) is 1. The fourth-order valence-corrected chi connectivity index (χ4v) is 2.06. The van der Waals surface area contributed by atoms with E-state index in [1.54, 1.807) is 6.20 Å². The van der Waals surface area contributed by atoms with Gasteiger partial charge in [-0.05, 0) is 31.0 Å². The highest BCUT2D eigenvalue weighted by Crippen LogP contribution is 2.21. The average molecular weight is 271 g/mol. The lowest BCUT2D eigenvalue weighted by molar-refractivity contribution is -0.120. The van der Waals surface area contributed by atoms with E-state index in [2.05, 4.69) is 10.3 Å². The van der Waals surface area contributed by atoms with Gasteiger partial charge in [0.25, 0.3) is 0 Å². The molecule has 0 radical (unpaired) electrons. The van der Waals surface area contributed by atoms with E-state index in [-0.39, 0.29) is 12.5 Å². The van der Waals surface area contributed by atoms with E-state index in [9.17, 15) is 4.79 Å². The number of carbonyl (C=O) groups excluding carboxylic acids is 1. The topological polar surface area (TPSA) is 77.2 Å². The van der Waals surface area contributed by atoms with Crippen LogP contribution in [0.4, 0.5) is 0 Å². The summed E-state index contributed by atoms with van der Waals surface area (Å²) in [6.45, 7) is 0.240. The Morgan fingerprint density at radius 3 is 3.05 bits per heavy atom. The molecule has 1 aliphatic carbocycles. The molecule has 1 atom stereocenters. The zero-order valence-corrected chi connectivity index (χ0v) is 11.1. The van der Waals surface area contributed by atoms with Crippen molar-refractivity contribution in [1.82, 2.24) is 10.3 Å². The third-order valence-corrected chi connectivity index (χ3v) is 3.35. The lowest BCUT2D eigenvalue weighted by Gasteiger charge is -2.16. The summed E-state index contributed by atoms with van der Waals surface area (Å²) in [5.41, 5.74) is 6.24. The van der Waals surface area contributed by atoms with Crippen molar-refractivity contribution in [3.63, 3.8) is 0 Å². The van der Waals surface area contributed by atoms with Gasteiger partial charge in [0.15, 0.2) is 0 Å². The molecule has 1 heterocycles. The van der Waals surface area contributed by atoms with Crippen molar-refractivity contribution in [2.24, 2.45) is 5.73 Å². The first kappa shape index (κ1) is 12.9. The molecule has 5 nitrogen and oxygen atoms in total. The van der Waals surface area contributed by atoms with Crippen LogP contribution in [0, 0.1) is 0 Å². The summed E-state index contributed by atoms with van der Waals surface area (Å²) in [6.07, 6.45) is 3.94. The smallest absolute Gasteiger partial charge is 0.238 e. The molecule has 1 aliphatic rings. The Balaban J connectivity index is 1.66. The summed E-state index contributed by atoms with van der Waals surface area (Å²) < 4.78 is 5.66. The van der Waals surface area contributed by atoms with Gasteiger partial charge in [-0.25, -0.2) is 0 Å². The number of benzene rings is 1. The molecule has 104 valence electrons. The van der Waals surface area contributed by atoms with E-state index >= 15 is 0 Å². The second-order valence-electron chi connectivity index (χ2n) is 5.06. The number of nitrogens with zero attached hydrogens (tertiary/aromatic N) is 1. The number of fused-ring (bicyclic) bond motifs is 1. The standard InChI is InChI=1S/C15H17N3O2/c16-15(19)14(18-11-4-5-11)9-20-12-6-3-10-2-1-7-17-13(10)8-12/h1-3,6-8,11,14,18H,4-5,9H2,(H2,16,19). The summed E-state index contributed by atoms with van der Waals surface area (Å²) in [5.74, 6) is 0.316. The van der Waals surface area contributed by atoms with Gasteiger partial charge in [-0.1, -0.05) is 6.07 Å². The summed E-state index contributed by atoms with van der Waals surface area (Å²) in [5, 5.41) is 4.24. The van der Waals surface area contributed by atoms with Gasteiger partial charge in [0.2, 0.25) is 5.91 Å². The Kier molecular flexibility index (Phi) is 3.52. The summed E-state index contributed by atoms with van der Waals surface area (Å²) >= 11 is 0. The second kappa shape index (κ2) is 5.46. The van der Waals surface area contributed by atoms with Crippen LogP contribution < -0.4 is 15.8 Å². The number of pyridine rings is 1. The third-order valence-electron chi connectivity index (χ3n) is 3.35. The molecule has 2 aromatic rings. The maximum Gasteiger partial charge on any atom is 0.238 e. The SMILES string of the molecule is NC(=O)C(COc1ccc2cccnc2c1)NC1CC1. The highest BCUT2D eigenvalue weighted by atomic mass is 16.5. The molecule has 1 saturated carbocycles. The van der Waals surface area contributed by atoms with Gasteiger partial charge in [-0.15, -0.1) is 0 Å². The number of primary amides is 1. The quantitative estimate of drug-likeness (QED) is 0.828. The highest BCUT2D eigenvalue weighted by molar-refractivity contribution is 5.80. The molecule has 1 unspecified atom stereocenters. The molecule has 3 rings (SSSR count). The summed E-state index contributed by atoms with van der Waals surface area (Å²) in [4.78, 5) is 15.6. The van der Waals surface area contributed by atoms with E-state index in [0.29, 0.717) is 11.8 Å². The molecule has 0 saturated heterocycles. The number of hydrogen-bond donors (Lipinski definition) is 2. The van der Waals surface area contributed by atoms with Crippen LogP contribution in [-0.2, 0) is 4.79 Å². The largest absolute Gasteiger partial charge is 0.491 e. The molecule has 1 amide bonds. The fourth-order valence-electron chi connectivity index (χ4n) is 2.06. The van der Waals surface area contributed by atoms with Crippen LogP contribution in [0.5, 0.6) is 5.75 Å². The van der Waals surface area contributed by atoms with Crippen molar-refractivity contribution in [2.75, 3.05) is 6.61 Å². The third kappa shape index (κ3) is 3.05. The first-order valence-corrected chi connectivity index (χ1v) is 6.75. The predicted octanol–water partition coefficient (Wildman–Crippen LogP) is 1.22. The lowest BCUT2D eigenvalue weighted by Crippen LogP contribution is -2.46. The van der Waals surface area contributed by atoms with Gasteiger partial charge in [0.05, 0.1) is 5.52 Å². The molecule has 5 heteroatoms. The van der Waals surface area contributed by atoms with Crippen LogP contribution in [0.15, 0.2) is 36.5 Å². The highest BCUT2D eigenvalue weighted by Gasteiger charge is 2.27. The molecular weight excluding hydrogens is 254 g/mol. The van der Waals surface area contributed by atoms with Crippen molar-refractivity contribution in [1.29, 1.82) is 0 Å². The molecule has 1 fully saturated rings. The Hall–Kier alpha value is -2.14. The van der Waals surface area contributed by atoms with Crippen LogP contribution in [-0.4, -0.2) is 29.6 Å². The van der Waals surface area contributed by atoms with Gasteiger partial charge in [-0.3, -0.25) is 9.78 Å². The molecule has 0 aliphatic heterocycles. The minimum atomic E-state index is -0.443. The fraction of sp³-hybridized carbons (Fsp3) is 0.333. The Bertz CT molecular complexity index is 625. The maximum absolute atomic E-state index is 11.4. The number of hydrogen-bond acceptors (Lipinski definition) is 4. The summed E-state index contributed by atoms with van der Waals surface area (Å²) in [6, 6.07) is 9.55.